The van der Waals surface area contributed by atoms with E-state index < -0.39 is 5.60 Å². The Kier molecular flexibility index (Phi) is 6.70. The summed E-state index contributed by atoms with van der Waals surface area (Å²) in [5, 5.41) is 14.2. The van der Waals surface area contributed by atoms with Gasteiger partial charge in [-0.3, -0.25) is 9.69 Å². The summed E-state index contributed by atoms with van der Waals surface area (Å²) in [5.74, 6) is 0.530. The van der Waals surface area contributed by atoms with Crippen LogP contribution in [0.2, 0.25) is 0 Å². The highest BCUT2D eigenvalue weighted by atomic mass is 32.1. The van der Waals surface area contributed by atoms with Crippen molar-refractivity contribution in [1.82, 2.24) is 14.8 Å². The molecule has 1 N–H and O–H groups in total. The second kappa shape index (κ2) is 8.81. The SMILES string of the molecule is CCN(CC)Cc1nc(C2(O)CCN(C(=O)C3CCCCC3)CC2)cs1. The number of hydrogen-bond acceptors (Lipinski definition) is 5. The molecule has 0 spiro atoms. The average molecular weight is 380 g/mol. The molecule has 0 unspecified atom stereocenters. The van der Waals surface area contributed by atoms with Crippen molar-refractivity contribution in [3.8, 4) is 0 Å². The number of aromatic nitrogens is 1. The van der Waals surface area contributed by atoms with Crippen LogP contribution in [-0.4, -0.2) is 52.0 Å². The van der Waals surface area contributed by atoms with Gasteiger partial charge in [-0.15, -0.1) is 11.3 Å². The molecule has 1 aromatic heterocycles. The van der Waals surface area contributed by atoms with Gasteiger partial charge in [-0.2, -0.15) is 0 Å². The molecular formula is C20H33N3O2S. The molecule has 0 atom stereocenters. The van der Waals surface area contributed by atoms with Crippen LogP contribution in [0.1, 0.15) is 69.5 Å². The topological polar surface area (TPSA) is 56.7 Å². The van der Waals surface area contributed by atoms with E-state index in [1.165, 1.54) is 19.3 Å². The van der Waals surface area contributed by atoms with Crippen molar-refractivity contribution in [2.45, 2.75) is 70.9 Å². The van der Waals surface area contributed by atoms with Crippen molar-refractivity contribution in [2.24, 2.45) is 5.92 Å². The molecule has 2 heterocycles. The molecule has 0 radical (unpaired) electrons. The molecule has 6 heteroatoms. The van der Waals surface area contributed by atoms with Crippen LogP contribution in [0.25, 0.3) is 0 Å². The molecule has 1 saturated carbocycles. The minimum atomic E-state index is -0.874. The highest BCUT2D eigenvalue weighted by molar-refractivity contribution is 7.09. The normalized spacial score (nSPS) is 21.3. The van der Waals surface area contributed by atoms with Crippen LogP contribution in [0.5, 0.6) is 0 Å². The summed E-state index contributed by atoms with van der Waals surface area (Å²) in [5.41, 5.74) is -0.0733. The summed E-state index contributed by atoms with van der Waals surface area (Å²) in [6, 6.07) is 0. The fraction of sp³-hybridized carbons (Fsp3) is 0.800. The lowest BCUT2D eigenvalue weighted by Crippen LogP contribution is -2.47. The third kappa shape index (κ3) is 4.46. The van der Waals surface area contributed by atoms with Gasteiger partial charge in [-0.1, -0.05) is 33.1 Å². The zero-order chi connectivity index (χ0) is 18.6. The second-order valence-corrected chi connectivity index (χ2v) is 8.72. The lowest BCUT2D eigenvalue weighted by molar-refractivity contribution is -0.141. The van der Waals surface area contributed by atoms with E-state index in [0.29, 0.717) is 31.8 Å². The molecule has 1 aliphatic carbocycles. The van der Waals surface area contributed by atoms with Crippen LogP contribution in [-0.2, 0) is 16.9 Å². The number of aliphatic hydroxyl groups is 1. The van der Waals surface area contributed by atoms with Crippen LogP contribution >= 0.6 is 11.3 Å². The first kappa shape index (κ1) is 19.8. The van der Waals surface area contributed by atoms with Crippen LogP contribution in [0, 0.1) is 5.92 Å². The maximum Gasteiger partial charge on any atom is 0.225 e. The fourth-order valence-electron chi connectivity index (χ4n) is 4.20. The summed E-state index contributed by atoms with van der Waals surface area (Å²) in [6.07, 6.45) is 6.91. The molecule has 2 fully saturated rings. The lowest BCUT2D eigenvalue weighted by Gasteiger charge is -2.39. The van der Waals surface area contributed by atoms with Crippen molar-refractivity contribution in [3.63, 3.8) is 0 Å². The van der Waals surface area contributed by atoms with E-state index in [0.717, 1.165) is 43.2 Å². The molecule has 26 heavy (non-hydrogen) atoms. The first-order valence-electron chi connectivity index (χ1n) is 10.2. The molecule has 1 saturated heterocycles. The highest BCUT2D eigenvalue weighted by Crippen LogP contribution is 2.35. The standard InChI is InChI=1S/C20H33N3O2S/c1-3-22(4-2)14-18-21-17(15-26-18)20(25)10-12-23(13-11-20)19(24)16-8-6-5-7-9-16/h15-16,25H,3-14H2,1-2H3. The third-order valence-electron chi connectivity index (χ3n) is 6.14. The van der Waals surface area contributed by atoms with E-state index in [9.17, 15) is 9.90 Å². The summed E-state index contributed by atoms with van der Waals surface area (Å²) in [7, 11) is 0. The summed E-state index contributed by atoms with van der Waals surface area (Å²) >= 11 is 1.64. The maximum absolute atomic E-state index is 12.7. The zero-order valence-corrected chi connectivity index (χ0v) is 17.1. The van der Waals surface area contributed by atoms with Gasteiger partial charge in [0, 0.05) is 24.4 Å². The Balaban J connectivity index is 1.57. The van der Waals surface area contributed by atoms with Gasteiger partial charge in [-0.05, 0) is 38.8 Å². The van der Waals surface area contributed by atoms with Gasteiger partial charge in [0.1, 0.15) is 10.6 Å². The number of rotatable bonds is 6. The monoisotopic (exact) mass is 379 g/mol. The molecule has 1 aliphatic heterocycles. The molecule has 146 valence electrons. The number of thiazole rings is 1. The number of nitrogens with zero attached hydrogens (tertiary/aromatic N) is 3. The van der Waals surface area contributed by atoms with E-state index in [-0.39, 0.29) is 5.92 Å². The Hall–Kier alpha value is -0.980. The van der Waals surface area contributed by atoms with Gasteiger partial charge >= 0.3 is 0 Å². The number of carbonyl (C=O) groups excluding carboxylic acids is 1. The zero-order valence-electron chi connectivity index (χ0n) is 16.2. The quantitative estimate of drug-likeness (QED) is 0.823. The molecule has 3 rings (SSSR count). The largest absolute Gasteiger partial charge is 0.383 e. The summed E-state index contributed by atoms with van der Waals surface area (Å²) < 4.78 is 0. The number of amides is 1. The van der Waals surface area contributed by atoms with Crippen molar-refractivity contribution >= 4 is 17.2 Å². The Bertz CT molecular complexity index is 586. The molecule has 1 aromatic rings. The van der Waals surface area contributed by atoms with Gasteiger partial charge in [0.15, 0.2) is 0 Å². The Morgan fingerprint density at radius 2 is 1.92 bits per heavy atom. The van der Waals surface area contributed by atoms with Crippen molar-refractivity contribution < 1.29 is 9.90 Å². The lowest BCUT2D eigenvalue weighted by atomic mass is 9.85. The maximum atomic E-state index is 12.7. The Morgan fingerprint density at radius 3 is 2.54 bits per heavy atom. The molecule has 2 aliphatic rings. The van der Waals surface area contributed by atoms with Gasteiger partial charge < -0.3 is 10.0 Å². The van der Waals surface area contributed by atoms with Gasteiger partial charge in [-0.25, -0.2) is 4.98 Å². The first-order valence-corrected chi connectivity index (χ1v) is 11.1. The number of piperidine rings is 1. The smallest absolute Gasteiger partial charge is 0.225 e. The highest BCUT2D eigenvalue weighted by Gasteiger charge is 2.38. The van der Waals surface area contributed by atoms with Crippen molar-refractivity contribution in [1.29, 1.82) is 0 Å². The summed E-state index contributed by atoms with van der Waals surface area (Å²) in [6.45, 7) is 8.47. The molecule has 5 nitrogen and oxygen atoms in total. The molecule has 0 bridgehead atoms. The molecule has 1 amide bonds. The van der Waals surface area contributed by atoms with Crippen molar-refractivity contribution in [2.75, 3.05) is 26.2 Å². The predicted molar refractivity (Wildman–Crippen MR) is 105 cm³/mol. The molecular weight excluding hydrogens is 346 g/mol. The van der Waals surface area contributed by atoms with Crippen LogP contribution in [0.3, 0.4) is 0 Å². The molecule has 0 aromatic carbocycles. The van der Waals surface area contributed by atoms with Crippen LogP contribution in [0.15, 0.2) is 5.38 Å². The fourth-order valence-corrected chi connectivity index (χ4v) is 5.12. The Labute approximate surface area is 161 Å². The third-order valence-corrected chi connectivity index (χ3v) is 6.97. The van der Waals surface area contributed by atoms with Gasteiger partial charge in [0.2, 0.25) is 5.91 Å². The van der Waals surface area contributed by atoms with E-state index in [1.54, 1.807) is 11.3 Å². The van der Waals surface area contributed by atoms with Crippen molar-refractivity contribution in [3.05, 3.63) is 16.1 Å². The first-order chi connectivity index (χ1) is 12.6. The van der Waals surface area contributed by atoms with E-state index in [1.807, 2.05) is 10.3 Å². The summed E-state index contributed by atoms with van der Waals surface area (Å²) in [4.78, 5) is 21.8. The van der Waals surface area contributed by atoms with Crippen LogP contribution < -0.4 is 0 Å². The second-order valence-electron chi connectivity index (χ2n) is 7.78. The van der Waals surface area contributed by atoms with Crippen LogP contribution in [0.4, 0.5) is 0 Å². The van der Waals surface area contributed by atoms with Gasteiger partial charge in [0.05, 0.1) is 12.2 Å². The minimum Gasteiger partial charge on any atom is -0.383 e. The number of likely N-dealkylation sites (tertiary alicyclic amines) is 1. The minimum absolute atomic E-state index is 0.217. The van der Waals surface area contributed by atoms with Gasteiger partial charge in [0.25, 0.3) is 0 Å². The Morgan fingerprint density at radius 1 is 1.27 bits per heavy atom. The number of hydrogen-bond donors (Lipinski definition) is 1. The average Bonchev–Trinajstić information content (AvgIpc) is 3.16. The predicted octanol–water partition coefficient (Wildman–Crippen LogP) is 3.38. The van der Waals surface area contributed by atoms with E-state index in [2.05, 4.69) is 18.7 Å². The number of carbonyl (C=O) groups is 1. The van der Waals surface area contributed by atoms with E-state index >= 15 is 0 Å². The van der Waals surface area contributed by atoms with E-state index in [4.69, 9.17) is 4.98 Å².